The Morgan fingerprint density at radius 1 is 1.48 bits per heavy atom. The number of aryl methyl sites for hydroxylation is 2. The molecule has 0 saturated carbocycles. The molecule has 1 aromatic heterocycles. The number of hydrogen-bond donors (Lipinski definition) is 2. The SMILES string of the molecule is Cc1cc(-c2noc(CCC(=O)NC[C@@H]3C[C@H](F)CN3)n2)ccc1F. The van der Waals surface area contributed by atoms with Crippen molar-refractivity contribution in [1.29, 1.82) is 0 Å². The fourth-order valence-electron chi connectivity index (χ4n) is 2.73. The van der Waals surface area contributed by atoms with Crippen LogP contribution in [0.4, 0.5) is 8.78 Å². The van der Waals surface area contributed by atoms with Crippen molar-refractivity contribution in [3.05, 3.63) is 35.5 Å². The number of nitrogens with one attached hydrogen (secondary N) is 2. The van der Waals surface area contributed by atoms with Crippen LogP contribution in [0.25, 0.3) is 11.4 Å². The van der Waals surface area contributed by atoms with Crippen molar-refractivity contribution in [3.8, 4) is 11.4 Å². The van der Waals surface area contributed by atoms with Crippen molar-refractivity contribution < 1.29 is 18.1 Å². The summed E-state index contributed by atoms with van der Waals surface area (Å²) in [4.78, 5) is 16.1. The number of nitrogens with zero attached hydrogens (tertiary/aromatic N) is 2. The lowest BCUT2D eigenvalue weighted by Crippen LogP contribution is -2.37. The molecule has 1 aliphatic rings. The summed E-state index contributed by atoms with van der Waals surface area (Å²) in [6, 6.07) is 4.56. The van der Waals surface area contributed by atoms with Crippen LogP contribution in [0.5, 0.6) is 0 Å². The summed E-state index contributed by atoms with van der Waals surface area (Å²) in [5.74, 6) is 0.263. The molecule has 2 atom stereocenters. The molecule has 25 heavy (non-hydrogen) atoms. The Morgan fingerprint density at radius 2 is 2.32 bits per heavy atom. The van der Waals surface area contributed by atoms with E-state index in [4.69, 9.17) is 4.52 Å². The highest BCUT2D eigenvalue weighted by Crippen LogP contribution is 2.19. The smallest absolute Gasteiger partial charge is 0.227 e. The van der Waals surface area contributed by atoms with E-state index in [-0.39, 0.29) is 24.2 Å². The van der Waals surface area contributed by atoms with E-state index in [9.17, 15) is 13.6 Å². The molecule has 6 nitrogen and oxygen atoms in total. The van der Waals surface area contributed by atoms with Crippen molar-refractivity contribution in [2.45, 2.75) is 38.4 Å². The maximum atomic E-state index is 13.3. The molecule has 1 aromatic carbocycles. The number of amides is 1. The van der Waals surface area contributed by atoms with Gasteiger partial charge in [-0.1, -0.05) is 5.16 Å². The minimum absolute atomic E-state index is 0.0179. The largest absolute Gasteiger partial charge is 0.355 e. The third kappa shape index (κ3) is 4.60. The van der Waals surface area contributed by atoms with Crippen LogP contribution < -0.4 is 10.6 Å². The van der Waals surface area contributed by atoms with E-state index in [1.54, 1.807) is 19.1 Å². The summed E-state index contributed by atoms with van der Waals surface area (Å²) in [6.45, 7) is 2.41. The second-order valence-corrected chi connectivity index (χ2v) is 6.22. The van der Waals surface area contributed by atoms with Crippen molar-refractivity contribution >= 4 is 5.91 Å². The Kier molecular flexibility index (Phi) is 5.37. The molecule has 0 bridgehead atoms. The van der Waals surface area contributed by atoms with Gasteiger partial charge in [0.15, 0.2) is 0 Å². The van der Waals surface area contributed by atoms with Gasteiger partial charge < -0.3 is 15.2 Å². The number of carbonyl (C=O) groups excluding carboxylic acids is 1. The molecule has 8 heteroatoms. The Balaban J connectivity index is 1.48. The van der Waals surface area contributed by atoms with E-state index >= 15 is 0 Å². The van der Waals surface area contributed by atoms with Gasteiger partial charge in [-0.05, 0) is 37.1 Å². The maximum absolute atomic E-state index is 13.3. The van der Waals surface area contributed by atoms with Crippen LogP contribution in [-0.4, -0.2) is 41.4 Å². The van der Waals surface area contributed by atoms with E-state index in [2.05, 4.69) is 20.8 Å². The average molecular weight is 350 g/mol. The first-order valence-electron chi connectivity index (χ1n) is 8.24. The highest BCUT2D eigenvalue weighted by atomic mass is 19.1. The van der Waals surface area contributed by atoms with Crippen molar-refractivity contribution in [2.24, 2.45) is 0 Å². The van der Waals surface area contributed by atoms with Gasteiger partial charge in [-0.25, -0.2) is 8.78 Å². The fraction of sp³-hybridized carbons (Fsp3) is 0.471. The lowest BCUT2D eigenvalue weighted by Gasteiger charge is -2.10. The first-order valence-corrected chi connectivity index (χ1v) is 8.24. The number of rotatable bonds is 6. The molecular formula is C17H20F2N4O2. The summed E-state index contributed by atoms with van der Waals surface area (Å²) >= 11 is 0. The molecule has 1 fully saturated rings. The van der Waals surface area contributed by atoms with Crippen molar-refractivity contribution in [2.75, 3.05) is 13.1 Å². The topological polar surface area (TPSA) is 80.0 Å². The highest BCUT2D eigenvalue weighted by molar-refractivity contribution is 5.76. The van der Waals surface area contributed by atoms with E-state index in [0.717, 1.165) is 0 Å². The van der Waals surface area contributed by atoms with Crippen LogP contribution in [0.3, 0.4) is 0 Å². The van der Waals surface area contributed by atoms with Gasteiger partial charge >= 0.3 is 0 Å². The molecule has 2 aromatic rings. The predicted molar refractivity (Wildman–Crippen MR) is 87.1 cm³/mol. The van der Waals surface area contributed by atoms with Gasteiger partial charge in [0, 0.05) is 37.5 Å². The maximum Gasteiger partial charge on any atom is 0.227 e. The van der Waals surface area contributed by atoms with Crippen LogP contribution in [0, 0.1) is 12.7 Å². The molecular weight excluding hydrogens is 330 g/mol. The summed E-state index contributed by atoms with van der Waals surface area (Å²) in [5.41, 5.74) is 1.16. The van der Waals surface area contributed by atoms with Crippen LogP contribution in [-0.2, 0) is 11.2 Å². The van der Waals surface area contributed by atoms with E-state index < -0.39 is 6.17 Å². The van der Waals surface area contributed by atoms with Gasteiger partial charge in [0.05, 0.1) is 0 Å². The molecule has 2 heterocycles. The third-order valence-electron chi connectivity index (χ3n) is 4.16. The molecule has 3 rings (SSSR count). The zero-order chi connectivity index (χ0) is 17.8. The summed E-state index contributed by atoms with van der Waals surface area (Å²) < 4.78 is 31.5. The number of hydrogen-bond acceptors (Lipinski definition) is 5. The first-order chi connectivity index (χ1) is 12.0. The predicted octanol–water partition coefficient (Wildman–Crippen LogP) is 1.93. The van der Waals surface area contributed by atoms with Crippen molar-refractivity contribution in [3.63, 3.8) is 0 Å². The molecule has 0 radical (unpaired) electrons. The monoisotopic (exact) mass is 350 g/mol. The minimum atomic E-state index is -0.839. The Hall–Kier alpha value is -2.35. The van der Waals surface area contributed by atoms with E-state index in [1.165, 1.54) is 6.07 Å². The Labute approximate surface area is 144 Å². The second-order valence-electron chi connectivity index (χ2n) is 6.22. The quantitative estimate of drug-likeness (QED) is 0.832. The minimum Gasteiger partial charge on any atom is -0.355 e. The molecule has 1 amide bonds. The number of alkyl halides is 1. The van der Waals surface area contributed by atoms with Crippen LogP contribution in [0.2, 0.25) is 0 Å². The fourth-order valence-corrected chi connectivity index (χ4v) is 2.73. The molecule has 134 valence electrons. The van der Waals surface area contributed by atoms with Gasteiger partial charge in [-0.15, -0.1) is 0 Å². The van der Waals surface area contributed by atoms with Crippen molar-refractivity contribution in [1.82, 2.24) is 20.8 Å². The molecule has 1 saturated heterocycles. The molecule has 1 aliphatic heterocycles. The van der Waals surface area contributed by atoms with Crippen LogP contribution >= 0.6 is 0 Å². The van der Waals surface area contributed by atoms with Gasteiger partial charge in [0.2, 0.25) is 17.6 Å². The Bertz CT molecular complexity index is 750. The van der Waals surface area contributed by atoms with E-state index in [1.807, 2.05) is 0 Å². The summed E-state index contributed by atoms with van der Waals surface area (Å²) in [5, 5.41) is 9.64. The van der Waals surface area contributed by atoms with Crippen LogP contribution in [0.15, 0.2) is 22.7 Å². The Morgan fingerprint density at radius 3 is 3.04 bits per heavy atom. The third-order valence-corrected chi connectivity index (χ3v) is 4.16. The van der Waals surface area contributed by atoms with Gasteiger partial charge in [-0.3, -0.25) is 4.79 Å². The van der Waals surface area contributed by atoms with Crippen LogP contribution in [0.1, 0.15) is 24.3 Å². The number of carbonyl (C=O) groups is 1. The summed E-state index contributed by atoms with van der Waals surface area (Å²) in [6.07, 6.45) is 0.0946. The molecule has 0 spiro atoms. The first kappa shape index (κ1) is 17.5. The number of aromatic nitrogens is 2. The zero-order valence-electron chi connectivity index (χ0n) is 13.9. The number of benzene rings is 1. The summed E-state index contributed by atoms with van der Waals surface area (Å²) in [7, 11) is 0. The van der Waals surface area contributed by atoms with E-state index in [0.29, 0.717) is 48.8 Å². The van der Waals surface area contributed by atoms with Gasteiger partial charge in [-0.2, -0.15) is 4.98 Å². The lowest BCUT2D eigenvalue weighted by molar-refractivity contribution is -0.121. The molecule has 2 N–H and O–H groups in total. The average Bonchev–Trinajstić information content (AvgIpc) is 3.22. The molecule has 0 unspecified atom stereocenters. The zero-order valence-corrected chi connectivity index (χ0v) is 13.9. The highest BCUT2D eigenvalue weighted by Gasteiger charge is 2.23. The standard InChI is InChI=1S/C17H20F2N4O2/c1-10-6-11(2-3-14(10)19)17-22-16(25-23-17)5-4-15(24)21-9-13-7-12(18)8-20-13/h2-3,6,12-13,20H,4-5,7-9H2,1H3,(H,21,24)/t12-,13-/m0/s1. The van der Waals surface area contributed by atoms with Gasteiger partial charge in [0.1, 0.15) is 12.0 Å². The number of halogens is 2. The normalized spacial score (nSPS) is 20.0. The molecule has 0 aliphatic carbocycles. The van der Waals surface area contributed by atoms with Gasteiger partial charge in [0.25, 0.3) is 0 Å². The second kappa shape index (κ2) is 7.69. The lowest BCUT2D eigenvalue weighted by atomic mass is 10.1.